The minimum absolute atomic E-state index is 0.00576. The molecule has 2 amide bonds. The summed E-state index contributed by atoms with van der Waals surface area (Å²) in [6, 6.07) is 8.24. The predicted octanol–water partition coefficient (Wildman–Crippen LogP) is 4.31. The van der Waals surface area contributed by atoms with Gasteiger partial charge in [0.2, 0.25) is 5.91 Å². The SMILES string of the molecule is C=CC(C)(C)C(F)(F)COC(=O)Nc1ccc2c(c1)N(S(=O)(=O)c1ccc(F)cc1)CC(CNC(C)=O)O2. The van der Waals surface area contributed by atoms with E-state index in [1.54, 1.807) is 0 Å². The molecule has 0 aliphatic carbocycles. The number of amides is 2. The molecule has 0 radical (unpaired) electrons. The highest BCUT2D eigenvalue weighted by Gasteiger charge is 2.45. The van der Waals surface area contributed by atoms with Crippen LogP contribution in [-0.2, 0) is 19.6 Å². The molecule has 2 N–H and O–H groups in total. The Bertz CT molecular complexity index is 1320. The van der Waals surface area contributed by atoms with Crippen LogP contribution in [0.25, 0.3) is 0 Å². The number of nitrogens with one attached hydrogen (secondary N) is 2. The van der Waals surface area contributed by atoms with Crippen LogP contribution in [0.2, 0.25) is 0 Å². The third-order valence-corrected chi connectivity index (χ3v) is 7.75. The lowest BCUT2D eigenvalue weighted by Gasteiger charge is -2.35. The highest BCUT2D eigenvalue weighted by atomic mass is 32.2. The van der Waals surface area contributed by atoms with Gasteiger partial charge in [-0.05, 0) is 42.5 Å². The highest BCUT2D eigenvalue weighted by Crippen LogP contribution is 2.40. The summed E-state index contributed by atoms with van der Waals surface area (Å²) in [5, 5.41) is 4.87. The molecule has 0 spiro atoms. The van der Waals surface area contributed by atoms with E-state index in [4.69, 9.17) is 9.47 Å². The standard InChI is InChI=1S/C25H28F3N3O6S/c1-5-24(3,4)25(27,28)15-36-23(33)30-18-8-11-22-21(12-18)31(14-19(37-22)13-29-16(2)32)38(34,35)20-9-6-17(26)7-10-20/h5-12,19H,1,13-15H2,2-4H3,(H,29,32)(H,30,33). The van der Waals surface area contributed by atoms with Gasteiger partial charge in [0.15, 0.2) is 6.61 Å². The smallest absolute Gasteiger partial charge is 0.411 e. The second-order valence-electron chi connectivity index (χ2n) is 9.18. The molecule has 38 heavy (non-hydrogen) atoms. The molecule has 2 aromatic carbocycles. The van der Waals surface area contributed by atoms with Crippen LogP contribution in [0.3, 0.4) is 0 Å². The van der Waals surface area contributed by atoms with Crippen molar-refractivity contribution in [3.8, 4) is 5.75 Å². The predicted molar refractivity (Wildman–Crippen MR) is 134 cm³/mol. The summed E-state index contributed by atoms with van der Waals surface area (Å²) in [6.45, 7) is 5.75. The first-order valence-corrected chi connectivity index (χ1v) is 12.9. The van der Waals surface area contributed by atoms with Gasteiger partial charge >= 0.3 is 6.09 Å². The number of carbonyl (C=O) groups excluding carboxylic acids is 2. The monoisotopic (exact) mass is 555 g/mol. The van der Waals surface area contributed by atoms with Crippen molar-refractivity contribution in [3.63, 3.8) is 0 Å². The second-order valence-corrected chi connectivity index (χ2v) is 11.0. The zero-order valence-electron chi connectivity index (χ0n) is 21.0. The molecule has 1 unspecified atom stereocenters. The van der Waals surface area contributed by atoms with Gasteiger partial charge in [-0.1, -0.05) is 19.9 Å². The summed E-state index contributed by atoms with van der Waals surface area (Å²) < 4.78 is 80.6. The molecule has 1 heterocycles. The molecule has 1 atom stereocenters. The largest absolute Gasteiger partial charge is 0.484 e. The lowest BCUT2D eigenvalue weighted by molar-refractivity contribution is -0.119. The number of hydrogen-bond donors (Lipinski definition) is 2. The maximum atomic E-state index is 14.3. The molecule has 9 nitrogen and oxygen atoms in total. The van der Waals surface area contributed by atoms with E-state index >= 15 is 0 Å². The fraction of sp³-hybridized carbons (Fsp3) is 0.360. The van der Waals surface area contributed by atoms with E-state index in [1.165, 1.54) is 39.0 Å². The topological polar surface area (TPSA) is 114 Å². The first kappa shape index (κ1) is 28.8. The number of carbonyl (C=O) groups is 2. The van der Waals surface area contributed by atoms with Crippen LogP contribution < -0.4 is 19.7 Å². The van der Waals surface area contributed by atoms with Crippen LogP contribution in [0.4, 0.5) is 29.3 Å². The normalized spacial score (nSPS) is 15.6. The number of halogens is 3. The number of rotatable bonds is 9. The molecule has 206 valence electrons. The van der Waals surface area contributed by atoms with Crippen molar-refractivity contribution in [2.24, 2.45) is 5.41 Å². The van der Waals surface area contributed by atoms with Crippen molar-refractivity contribution in [3.05, 3.63) is 60.9 Å². The van der Waals surface area contributed by atoms with Gasteiger partial charge in [-0.3, -0.25) is 14.4 Å². The Morgan fingerprint density at radius 2 is 1.87 bits per heavy atom. The van der Waals surface area contributed by atoms with Crippen LogP contribution in [0, 0.1) is 11.2 Å². The van der Waals surface area contributed by atoms with Crippen LogP contribution in [0.15, 0.2) is 60.0 Å². The average molecular weight is 556 g/mol. The number of anilines is 2. The first-order valence-electron chi connectivity index (χ1n) is 11.4. The second kappa shape index (κ2) is 10.9. The highest BCUT2D eigenvalue weighted by molar-refractivity contribution is 7.92. The maximum Gasteiger partial charge on any atom is 0.411 e. The third-order valence-electron chi connectivity index (χ3n) is 5.95. The number of fused-ring (bicyclic) bond motifs is 1. The van der Waals surface area contributed by atoms with Crippen molar-refractivity contribution >= 4 is 33.4 Å². The van der Waals surface area contributed by atoms with Crippen LogP contribution in [0.1, 0.15) is 20.8 Å². The molecule has 0 bridgehead atoms. The summed E-state index contributed by atoms with van der Waals surface area (Å²) in [5.74, 6) is -4.23. The van der Waals surface area contributed by atoms with Crippen LogP contribution in [0.5, 0.6) is 5.75 Å². The van der Waals surface area contributed by atoms with Gasteiger partial charge in [0.05, 0.1) is 23.7 Å². The lowest BCUT2D eigenvalue weighted by atomic mass is 9.86. The minimum Gasteiger partial charge on any atom is -0.484 e. The summed E-state index contributed by atoms with van der Waals surface area (Å²) >= 11 is 0. The van der Waals surface area contributed by atoms with Gasteiger partial charge in [-0.25, -0.2) is 26.4 Å². The number of alkyl halides is 2. The van der Waals surface area contributed by atoms with E-state index in [9.17, 15) is 31.2 Å². The summed E-state index contributed by atoms with van der Waals surface area (Å²) in [5.41, 5.74) is -1.55. The summed E-state index contributed by atoms with van der Waals surface area (Å²) in [7, 11) is -4.24. The number of benzene rings is 2. The van der Waals surface area contributed by atoms with Crippen molar-refractivity contribution in [1.82, 2.24) is 5.32 Å². The van der Waals surface area contributed by atoms with E-state index in [1.807, 2.05) is 0 Å². The van der Waals surface area contributed by atoms with Crippen LogP contribution >= 0.6 is 0 Å². The molecular formula is C25H28F3N3O6S. The van der Waals surface area contributed by atoms with Gasteiger partial charge in [-0.2, -0.15) is 0 Å². The van der Waals surface area contributed by atoms with Gasteiger partial charge < -0.3 is 14.8 Å². The zero-order valence-corrected chi connectivity index (χ0v) is 21.8. The van der Waals surface area contributed by atoms with Crippen molar-refractivity contribution < 1.29 is 40.7 Å². The lowest BCUT2D eigenvalue weighted by Crippen LogP contribution is -2.48. The number of sulfonamides is 1. The Balaban J connectivity index is 1.88. The maximum absolute atomic E-state index is 14.3. The van der Waals surface area contributed by atoms with Crippen molar-refractivity contribution in [2.45, 2.75) is 37.7 Å². The molecule has 3 rings (SSSR count). The van der Waals surface area contributed by atoms with E-state index in [-0.39, 0.29) is 41.0 Å². The fourth-order valence-corrected chi connectivity index (χ4v) is 4.86. The quantitative estimate of drug-likeness (QED) is 0.446. The zero-order chi connectivity index (χ0) is 28.3. The number of allylic oxidation sites excluding steroid dienone is 1. The van der Waals surface area contributed by atoms with E-state index < -0.39 is 46.0 Å². The van der Waals surface area contributed by atoms with Crippen LogP contribution in [-0.4, -0.2) is 52.1 Å². The van der Waals surface area contributed by atoms with E-state index in [0.717, 1.165) is 34.6 Å². The van der Waals surface area contributed by atoms with Crippen molar-refractivity contribution in [1.29, 1.82) is 0 Å². The fourth-order valence-electron chi connectivity index (χ4n) is 3.36. The van der Waals surface area contributed by atoms with E-state index in [0.29, 0.717) is 0 Å². The Morgan fingerprint density at radius 3 is 2.47 bits per heavy atom. The number of hydrogen-bond acceptors (Lipinski definition) is 6. The Kier molecular flexibility index (Phi) is 8.30. The van der Waals surface area contributed by atoms with Gasteiger partial charge in [0.25, 0.3) is 15.9 Å². The number of ether oxygens (including phenoxy) is 2. The Hall–Kier alpha value is -3.74. The van der Waals surface area contributed by atoms with Crippen molar-refractivity contribution in [2.75, 3.05) is 29.3 Å². The molecule has 0 saturated carbocycles. The molecule has 1 aliphatic heterocycles. The molecular weight excluding hydrogens is 527 g/mol. The molecule has 0 fully saturated rings. The Labute approximate surface area is 218 Å². The number of nitrogens with zero attached hydrogens (tertiary/aromatic N) is 1. The molecule has 1 aliphatic rings. The molecule has 13 heteroatoms. The van der Waals surface area contributed by atoms with E-state index in [2.05, 4.69) is 17.2 Å². The van der Waals surface area contributed by atoms with Gasteiger partial charge in [-0.15, -0.1) is 6.58 Å². The Morgan fingerprint density at radius 1 is 1.21 bits per heavy atom. The molecule has 0 saturated heterocycles. The van der Waals surface area contributed by atoms with Gasteiger partial charge in [0, 0.05) is 18.0 Å². The minimum atomic E-state index is -4.24. The molecule has 0 aromatic heterocycles. The van der Waals surface area contributed by atoms with Gasteiger partial charge in [0.1, 0.15) is 17.7 Å². The first-order chi connectivity index (χ1) is 17.7. The average Bonchev–Trinajstić information content (AvgIpc) is 2.86. The third kappa shape index (κ3) is 6.39. The molecule has 2 aromatic rings. The summed E-state index contributed by atoms with van der Waals surface area (Å²) in [6.07, 6.45) is -0.883. The summed E-state index contributed by atoms with van der Waals surface area (Å²) in [4.78, 5) is 23.4.